The van der Waals surface area contributed by atoms with Crippen molar-refractivity contribution in [3.63, 3.8) is 0 Å². The average Bonchev–Trinajstić information content (AvgIpc) is 2.47. The van der Waals surface area contributed by atoms with Crippen molar-refractivity contribution in [2.45, 2.75) is 38.6 Å². The lowest BCUT2D eigenvalue weighted by Gasteiger charge is -2.31. The Labute approximate surface area is 130 Å². The quantitative estimate of drug-likeness (QED) is 0.928. The minimum absolute atomic E-state index is 0.0752. The van der Waals surface area contributed by atoms with Gasteiger partial charge >= 0.3 is 0 Å². The topological polar surface area (TPSA) is 49.4 Å². The van der Waals surface area contributed by atoms with Crippen LogP contribution < -0.4 is 5.32 Å². The Morgan fingerprint density at radius 3 is 2.43 bits per heavy atom. The van der Waals surface area contributed by atoms with Crippen LogP contribution in [0.4, 0.5) is 0 Å². The van der Waals surface area contributed by atoms with Crippen molar-refractivity contribution >= 4 is 23.4 Å². The van der Waals surface area contributed by atoms with Crippen LogP contribution >= 0.6 is 11.6 Å². The number of likely N-dealkylation sites (tertiary alicyclic amines) is 1. The van der Waals surface area contributed by atoms with Crippen molar-refractivity contribution in [1.82, 2.24) is 10.2 Å². The van der Waals surface area contributed by atoms with E-state index in [0.717, 1.165) is 37.9 Å². The number of halogens is 1. The predicted octanol–water partition coefficient (Wildman–Crippen LogP) is 2.40. The molecule has 4 nitrogen and oxygen atoms in total. The molecule has 1 aliphatic rings. The van der Waals surface area contributed by atoms with Gasteiger partial charge in [-0.25, -0.2) is 0 Å². The zero-order chi connectivity index (χ0) is 15.2. The molecule has 0 spiro atoms. The molecule has 2 amide bonds. The van der Waals surface area contributed by atoms with Crippen LogP contribution in [0.1, 0.15) is 31.7 Å². The van der Waals surface area contributed by atoms with Gasteiger partial charge in [-0.2, -0.15) is 0 Å². The molecule has 0 bridgehead atoms. The average molecular weight is 309 g/mol. The molecule has 1 saturated heterocycles. The van der Waals surface area contributed by atoms with E-state index in [-0.39, 0.29) is 17.9 Å². The Morgan fingerprint density at radius 2 is 1.86 bits per heavy atom. The first kappa shape index (κ1) is 15.8. The Bertz CT molecular complexity index is 494. The lowest BCUT2D eigenvalue weighted by atomic mass is 10.0. The van der Waals surface area contributed by atoms with Crippen LogP contribution in [-0.4, -0.2) is 35.8 Å². The number of amides is 2. The number of benzene rings is 1. The maximum atomic E-state index is 11.9. The molecular weight excluding hydrogens is 288 g/mol. The minimum atomic E-state index is 0.0752. The number of hydrogen-bond donors (Lipinski definition) is 1. The molecule has 1 fully saturated rings. The highest BCUT2D eigenvalue weighted by molar-refractivity contribution is 6.30. The van der Waals surface area contributed by atoms with E-state index in [2.05, 4.69) is 5.32 Å². The number of aryl methyl sites for hydroxylation is 1. The number of nitrogens with one attached hydrogen (secondary N) is 1. The van der Waals surface area contributed by atoms with Crippen LogP contribution in [0, 0.1) is 0 Å². The molecule has 114 valence electrons. The van der Waals surface area contributed by atoms with E-state index < -0.39 is 0 Å². The molecule has 0 saturated carbocycles. The van der Waals surface area contributed by atoms with Gasteiger partial charge in [-0.3, -0.25) is 9.59 Å². The molecule has 0 atom stereocenters. The molecule has 1 aliphatic heterocycles. The summed E-state index contributed by atoms with van der Waals surface area (Å²) in [5, 5.41) is 3.77. The predicted molar refractivity (Wildman–Crippen MR) is 83.2 cm³/mol. The zero-order valence-corrected chi connectivity index (χ0v) is 13.0. The maximum absolute atomic E-state index is 11.9. The Kier molecular flexibility index (Phi) is 5.62. The van der Waals surface area contributed by atoms with E-state index >= 15 is 0 Å². The van der Waals surface area contributed by atoms with Gasteiger partial charge in [0.05, 0.1) is 0 Å². The Hall–Kier alpha value is -1.55. The SMILES string of the molecule is CC(=O)N1CCC(NC(=O)CCc2ccc(Cl)cc2)CC1. The van der Waals surface area contributed by atoms with Gasteiger partial charge in [0.15, 0.2) is 0 Å². The highest BCUT2D eigenvalue weighted by Crippen LogP contribution is 2.12. The third-order valence-corrected chi connectivity index (χ3v) is 4.11. The second-order valence-electron chi connectivity index (χ2n) is 5.47. The zero-order valence-electron chi connectivity index (χ0n) is 12.3. The van der Waals surface area contributed by atoms with Gasteiger partial charge in [0.25, 0.3) is 0 Å². The standard InChI is InChI=1S/C16H21ClN2O2/c1-12(20)19-10-8-15(9-11-19)18-16(21)7-4-13-2-5-14(17)6-3-13/h2-3,5-6,15H,4,7-11H2,1H3,(H,18,21). The van der Waals surface area contributed by atoms with Gasteiger partial charge in [-0.05, 0) is 37.0 Å². The highest BCUT2D eigenvalue weighted by atomic mass is 35.5. The van der Waals surface area contributed by atoms with Crippen molar-refractivity contribution in [3.05, 3.63) is 34.9 Å². The van der Waals surface area contributed by atoms with Crippen molar-refractivity contribution in [3.8, 4) is 0 Å². The molecule has 21 heavy (non-hydrogen) atoms. The summed E-state index contributed by atoms with van der Waals surface area (Å²) >= 11 is 5.83. The number of piperidine rings is 1. The molecule has 1 heterocycles. The van der Waals surface area contributed by atoms with E-state index in [9.17, 15) is 9.59 Å². The smallest absolute Gasteiger partial charge is 0.220 e. The lowest BCUT2D eigenvalue weighted by Crippen LogP contribution is -2.46. The van der Waals surface area contributed by atoms with Crippen LogP contribution in [-0.2, 0) is 16.0 Å². The van der Waals surface area contributed by atoms with Crippen LogP contribution in [0.5, 0.6) is 0 Å². The van der Waals surface area contributed by atoms with Crippen molar-refractivity contribution in [2.75, 3.05) is 13.1 Å². The van der Waals surface area contributed by atoms with Gasteiger partial charge in [0.2, 0.25) is 11.8 Å². The normalized spacial score (nSPS) is 15.8. The summed E-state index contributed by atoms with van der Waals surface area (Å²) in [6, 6.07) is 7.76. The number of nitrogens with zero attached hydrogens (tertiary/aromatic N) is 1. The van der Waals surface area contributed by atoms with E-state index in [0.29, 0.717) is 11.4 Å². The van der Waals surface area contributed by atoms with Gasteiger partial charge < -0.3 is 10.2 Å². The summed E-state index contributed by atoms with van der Waals surface area (Å²) in [6.45, 7) is 3.06. The van der Waals surface area contributed by atoms with Gasteiger partial charge in [0, 0.05) is 37.5 Å². The molecule has 1 aromatic carbocycles. The third kappa shape index (κ3) is 5.05. The van der Waals surface area contributed by atoms with Gasteiger partial charge in [0.1, 0.15) is 0 Å². The summed E-state index contributed by atoms with van der Waals surface area (Å²) in [5.41, 5.74) is 1.11. The lowest BCUT2D eigenvalue weighted by molar-refractivity contribution is -0.130. The van der Waals surface area contributed by atoms with Gasteiger partial charge in [-0.1, -0.05) is 23.7 Å². The van der Waals surface area contributed by atoms with Crippen molar-refractivity contribution < 1.29 is 9.59 Å². The molecule has 0 radical (unpaired) electrons. The highest BCUT2D eigenvalue weighted by Gasteiger charge is 2.21. The van der Waals surface area contributed by atoms with Crippen molar-refractivity contribution in [2.24, 2.45) is 0 Å². The van der Waals surface area contributed by atoms with E-state index in [1.165, 1.54) is 0 Å². The fourth-order valence-electron chi connectivity index (χ4n) is 2.55. The molecule has 2 rings (SSSR count). The Balaban J connectivity index is 1.70. The number of rotatable bonds is 4. The summed E-state index contributed by atoms with van der Waals surface area (Å²) < 4.78 is 0. The van der Waals surface area contributed by atoms with E-state index in [1.54, 1.807) is 6.92 Å². The first-order valence-corrected chi connectivity index (χ1v) is 7.71. The molecule has 0 aliphatic carbocycles. The summed E-state index contributed by atoms with van der Waals surface area (Å²) in [5.74, 6) is 0.189. The first-order chi connectivity index (χ1) is 10.0. The summed E-state index contributed by atoms with van der Waals surface area (Å²) in [7, 11) is 0. The minimum Gasteiger partial charge on any atom is -0.353 e. The molecular formula is C16H21ClN2O2. The van der Waals surface area contributed by atoms with Crippen LogP contribution in [0.2, 0.25) is 5.02 Å². The third-order valence-electron chi connectivity index (χ3n) is 3.86. The second kappa shape index (κ2) is 7.46. The fourth-order valence-corrected chi connectivity index (χ4v) is 2.67. The van der Waals surface area contributed by atoms with E-state index in [4.69, 9.17) is 11.6 Å². The Morgan fingerprint density at radius 1 is 1.24 bits per heavy atom. The van der Waals surface area contributed by atoms with Crippen LogP contribution in [0.3, 0.4) is 0 Å². The van der Waals surface area contributed by atoms with Gasteiger partial charge in [-0.15, -0.1) is 0 Å². The van der Waals surface area contributed by atoms with Crippen LogP contribution in [0.15, 0.2) is 24.3 Å². The molecule has 5 heteroatoms. The molecule has 0 unspecified atom stereocenters. The molecule has 1 aromatic rings. The van der Waals surface area contributed by atoms with E-state index in [1.807, 2.05) is 29.2 Å². The summed E-state index contributed by atoms with van der Waals surface area (Å²) in [6.07, 6.45) is 2.88. The first-order valence-electron chi connectivity index (χ1n) is 7.34. The summed E-state index contributed by atoms with van der Waals surface area (Å²) in [4.78, 5) is 25.0. The van der Waals surface area contributed by atoms with Crippen LogP contribution in [0.25, 0.3) is 0 Å². The number of carbonyl (C=O) groups excluding carboxylic acids is 2. The second-order valence-corrected chi connectivity index (χ2v) is 5.91. The maximum Gasteiger partial charge on any atom is 0.220 e. The monoisotopic (exact) mass is 308 g/mol. The number of carbonyl (C=O) groups is 2. The molecule has 0 aromatic heterocycles. The number of hydrogen-bond acceptors (Lipinski definition) is 2. The van der Waals surface area contributed by atoms with Crippen molar-refractivity contribution in [1.29, 1.82) is 0 Å². The molecule has 1 N–H and O–H groups in total. The largest absolute Gasteiger partial charge is 0.353 e. The fraction of sp³-hybridized carbons (Fsp3) is 0.500.